The first-order valence-electron chi connectivity index (χ1n) is 6.27. The van der Waals surface area contributed by atoms with Gasteiger partial charge in [0, 0.05) is 12.5 Å². The zero-order valence-corrected chi connectivity index (χ0v) is 9.95. The van der Waals surface area contributed by atoms with E-state index in [2.05, 4.69) is 5.32 Å². The molecule has 1 N–H and O–H groups in total. The van der Waals surface area contributed by atoms with Crippen LogP contribution in [-0.4, -0.2) is 18.8 Å². The lowest BCUT2D eigenvalue weighted by molar-refractivity contribution is -0.135. The number of rotatable bonds is 6. The summed E-state index contributed by atoms with van der Waals surface area (Å²) in [4.78, 5) is 0. The van der Waals surface area contributed by atoms with E-state index in [-0.39, 0.29) is 12.5 Å². The van der Waals surface area contributed by atoms with Gasteiger partial charge >= 0.3 is 6.18 Å². The molecule has 16 heavy (non-hydrogen) atoms. The minimum Gasteiger partial charge on any atom is -0.314 e. The van der Waals surface area contributed by atoms with Crippen molar-refractivity contribution in [1.29, 1.82) is 0 Å². The Labute approximate surface area is 95.8 Å². The van der Waals surface area contributed by atoms with Crippen LogP contribution in [0.5, 0.6) is 0 Å². The van der Waals surface area contributed by atoms with Crippen molar-refractivity contribution in [3.8, 4) is 0 Å². The van der Waals surface area contributed by atoms with Crippen LogP contribution in [0.15, 0.2) is 0 Å². The highest BCUT2D eigenvalue weighted by molar-refractivity contribution is 4.72. The van der Waals surface area contributed by atoms with Gasteiger partial charge in [0.15, 0.2) is 0 Å². The lowest BCUT2D eigenvalue weighted by Crippen LogP contribution is -2.30. The zero-order chi connectivity index (χ0) is 12.0. The van der Waals surface area contributed by atoms with Gasteiger partial charge in [0.25, 0.3) is 0 Å². The Hall–Kier alpha value is -0.250. The number of hydrogen-bond acceptors (Lipinski definition) is 1. The molecule has 1 atom stereocenters. The molecule has 0 radical (unpaired) electrons. The van der Waals surface area contributed by atoms with Gasteiger partial charge in [-0.05, 0) is 45.1 Å². The molecule has 1 fully saturated rings. The Balaban J connectivity index is 2.00. The summed E-state index contributed by atoms with van der Waals surface area (Å²) in [5, 5.41) is 3.34. The molecule has 0 bridgehead atoms. The third kappa shape index (κ3) is 6.36. The van der Waals surface area contributed by atoms with Crippen molar-refractivity contribution >= 4 is 0 Å². The van der Waals surface area contributed by atoms with Gasteiger partial charge in [-0.15, -0.1) is 0 Å². The van der Waals surface area contributed by atoms with Crippen molar-refractivity contribution in [2.24, 2.45) is 5.92 Å². The van der Waals surface area contributed by atoms with Crippen molar-refractivity contribution in [1.82, 2.24) is 5.32 Å². The third-order valence-corrected chi connectivity index (χ3v) is 3.33. The second kappa shape index (κ2) is 6.48. The lowest BCUT2D eigenvalue weighted by Gasteiger charge is -2.17. The number of alkyl halides is 3. The maximum atomic E-state index is 11.9. The molecule has 0 aliphatic heterocycles. The summed E-state index contributed by atoms with van der Waals surface area (Å²) in [5.41, 5.74) is 0. The van der Waals surface area contributed by atoms with Crippen LogP contribution in [0.4, 0.5) is 13.2 Å². The number of hydrogen-bond donors (Lipinski definition) is 1. The monoisotopic (exact) mass is 237 g/mol. The summed E-state index contributed by atoms with van der Waals surface area (Å²) in [6, 6.07) is 0.211. The van der Waals surface area contributed by atoms with Crippen LogP contribution in [0.25, 0.3) is 0 Å². The van der Waals surface area contributed by atoms with Crippen molar-refractivity contribution in [3.63, 3.8) is 0 Å². The average Bonchev–Trinajstić information content (AvgIpc) is 2.65. The fourth-order valence-corrected chi connectivity index (χ4v) is 2.29. The highest BCUT2D eigenvalue weighted by Crippen LogP contribution is 2.24. The zero-order valence-electron chi connectivity index (χ0n) is 9.95. The molecular weight excluding hydrogens is 215 g/mol. The molecule has 0 aromatic rings. The van der Waals surface area contributed by atoms with Crippen LogP contribution in [0.1, 0.15) is 51.9 Å². The quantitative estimate of drug-likeness (QED) is 0.739. The van der Waals surface area contributed by atoms with Crippen LogP contribution in [0.3, 0.4) is 0 Å². The second-order valence-corrected chi connectivity index (χ2v) is 4.97. The smallest absolute Gasteiger partial charge is 0.314 e. The predicted octanol–water partition coefficient (Wildman–Crippen LogP) is 3.89. The van der Waals surface area contributed by atoms with E-state index in [0.29, 0.717) is 6.42 Å². The molecule has 4 heteroatoms. The molecule has 1 aliphatic rings. The van der Waals surface area contributed by atoms with Crippen molar-refractivity contribution in [3.05, 3.63) is 0 Å². The van der Waals surface area contributed by atoms with Crippen LogP contribution < -0.4 is 5.32 Å². The maximum Gasteiger partial charge on any atom is 0.389 e. The van der Waals surface area contributed by atoms with Gasteiger partial charge in [-0.2, -0.15) is 13.2 Å². The second-order valence-electron chi connectivity index (χ2n) is 4.97. The molecule has 0 amide bonds. The lowest BCUT2D eigenvalue weighted by atomic mass is 10.1. The number of halogens is 3. The van der Waals surface area contributed by atoms with E-state index in [1.165, 1.54) is 25.7 Å². The topological polar surface area (TPSA) is 12.0 Å². The molecule has 1 rings (SSSR count). The summed E-state index contributed by atoms with van der Waals surface area (Å²) in [6.45, 7) is 2.96. The van der Waals surface area contributed by atoms with E-state index in [9.17, 15) is 13.2 Å². The first-order chi connectivity index (χ1) is 7.47. The van der Waals surface area contributed by atoms with Gasteiger partial charge in [0.05, 0.1) is 0 Å². The third-order valence-electron chi connectivity index (χ3n) is 3.33. The average molecular weight is 237 g/mol. The largest absolute Gasteiger partial charge is 0.389 e. The van der Waals surface area contributed by atoms with E-state index in [0.717, 1.165) is 12.5 Å². The van der Waals surface area contributed by atoms with Crippen LogP contribution in [-0.2, 0) is 0 Å². The Bertz CT molecular complexity index is 185. The fraction of sp³-hybridized carbons (Fsp3) is 1.00. The molecular formula is C12H22F3N. The summed E-state index contributed by atoms with van der Waals surface area (Å²) >= 11 is 0. The molecule has 0 aromatic heterocycles. The molecule has 0 spiro atoms. The molecule has 1 unspecified atom stereocenters. The minimum absolute atomic E-state index is 0.211. The van der Waals surface area contributed by atoms with Crippen LogP contribution >= 0.6 is 0 Å². The van der Waals surface area contributed by atoms with Gasteiger partial charge < -0.3 is 5.32 Å². The number of nitrogens with one attached hydrogen (secondary N) is 1. The van der Waals surface area contributed by atoms with Gasteiger partial charge in [-0.25, -0.2) is 0 Å². The van der Waals surface area contributed by atoms with Crippen LogP contribution in [0.2, 0.25) is 0 Å². The van der Waals surface area contributed by atoms with E-state index in [4.69, 9.17) is 0 Å². The predicted molar refractivity (Wildman–Crippen MR) is 59.3 cm³/mol. The fourth-order valence-electron chi connectivity index (χ4n) is 2.29. The molecule has 0 saturated heterocycles. The first kappa shape index (κ1) is 13.8. The highest BCUT2D eigenvalue weighted by Gasteiger charge is 2.26. The summed E-state index contributed by atoms with van der Waals surface area (Å²) in [5.74, 6) is 0.755. The molecule has 1 aliphatic carbocycles. The van der Waals surface area contributed by atoms with E-state index in [1.807, 2.05) is 6.92 Å². The summed E-state index contributed by atoms with van der Waals surface area (Å²) < 4.78 is 35.8. The highest BCUT2D eigenvalue weighted by atomic mass is 19.4. The van der Waals surface area contributed by atoms with E-state index in [1.54, 1.807) is 0 Å². The van der Waals surface area contributed by atoms with Crippen LogP contribution in [0, 0.1) is 5.92 Å². The molecule has 0 aromatic carbocycles. The first-order valence-corrected chi connectivity index (χ1v) is 6.27. The molecule has 96 valence electrons. The van der Waals surface area contributed by atoms with E-state index < -0.39 is 12.6 Å². The van der Waals surface area contributed by atoms with E-state index >= 15 is 0 Å². The Morgan fingerprint density at radius 2 is 1.88 bits per heavy atom. The molecule has 0 heterocycles. The van der Waals surface area contributed by atoms with Gasteiger partial charge in [-0.3, -0.25) is 0 Å². The molecule has 1 nitrogen and oxygen atoms in total. The summed E-state index contributed by atoms with van der Waals surface area (Å²) in [6.07, 6.45) is 1.40. The standard InChI is InChI=1S/C12H22F3N/c1-10(5-4-8-12(13,14)15)16-9-11-6-2-3-7-11/h10-11,16H,2-9H2,1H3. The van der Waals surface area contributed by atoms with Gasteiger partial charge in [0.2, 0.25) is 0 Å². The van der Waals surface area contributed by atoms with Crippen molar-refractivity contribution in [2.45, 2.75) is 64.1 Å². The Morgan fingerprint density at radius 1 is 1.25 bits per heavy atom. The Morgan fingerprint density at radius 3 is 2.44 bits per heavy atom. The van der Waals surface area contributed by atoms with Crippen molar-refractivity contribution < 1.29 is 13.2 Å². The SMILES string of the molecule is CC(CCCC(F)(F)F)NCC1CCCC1. The maximum absolute atomic E-state index is 11.9. The van der Waals surface area contributed by atoms with Gasteiger partial charge in [0.1, 0.15) is 0 Å². The van der Waals surface area contributed by atoms with Crippen molar-refractivity contribution in [2.75, 3.05) is 6.54 Å². The summed E-state index contributed by atoms with van der Waals surface area (Å²) in [7, 11) is 0. The van der Waals surface area contributed by atoms with Gasteiger partial charge in [-0.1, -0.05) is 12.8 Å². The Kier molecular flexibility index (Phi) is 5.59. The minimum atomic E-state index is -3.99. The normalized spacial score (nSPS) is 20.2. The molecule has 1 saturated carbocycles.